The van der Waals surface area contributed by atoms with Gasteiger partial charge in [0, 0.05) is 6.61 Å². The molecular weight excluding hydrogens is 276 g/mol. The fraction of sp³-hybridized carbons (Fsp3) is 0.600. The molecule has 0 heterocycles. The van der Waals surface area contributed by atoms with Gasteiger partial charge in [0.2, 0.25) is 0 Å². The molecule has 1 N–H and O–H groups in total. The maximum Gasteiger partial charge on any atom is 0.297 e. The molecule has 3 rings (SSSR count). The second-order valence-electron chi connectivity index (χ2n) is 6.08. The molecule has 0 unspecified atom stereocenters. The standard InChI is InChI=1S/C15H20O4S/c1-10-2-4-13(5-3-10)20(17,18)19-15-8-11-6-12(9-16)14(15)7-11/h2-5,11-12,14-16H,6-9H2,1H3/t11-,12+,14-,15-/m1/s1. The molecule has 0 spiro atoms. The molecule has 4 nitrogen and oxygen atoms in total. The highest BCUT2D eigenvalue weighted by molar-refractivity contribution is 7.86. The minimum absolute atomic E-state index is 0.131. The Kier molecular flexibility index (Phi) is 3.60. The van der Waals surface area contributed by atoms with E-state index in [1.54, 1.807) is 24.3 Å². The van der Waals surface area contributed by atoms with Crippen LogP contribution < -0.4 is 0 Å². The van der Waals surface area contributed by atoms with Crippen molar-refractivity contribution in [3.63, 3.8) is 0 Å². The Bertz CT molecular complexity index is 578. The lowest BCUT2D eigenvalue weighted by Crippen LogP contribution is -2.31. The molecule has 5 heteroatoms. The van der Waals surface area contributed by atoms with Gasteiger partial charge in [-0.3, -0.25) is 4.18 Å². The summed E-state index contributed by atoms with van der Waals surface area (Å²) < 4.78 is 30.0. The van der Waals surface area contributed by atoms with Crippen molar-refractivity contribution in [1.82, 2.24) is 0 Å². The van der Waals surface area contributed by atoms with Gasteiger partial charge < -0.3 is 5.11 Å². The second kappa shape index (κ2) is 5.13. The molecule has 0 amide bonds. The number of benzene rings is 1. The van der Waals surface area contributed by atoms with Crippen molar-refractivity contribution in [2.75, 3.05) is 6.61 Å². The Morgan fingerprint density at radius 3 is 2.50 bits per heavy atom. The topological polar surface area (TPSA) is 63.6 Å². The fourth-order valence-corrected chi connectivity index (χ4v) is 4.80. The molecule has 1 aromatic carbocycles. The Morgan fingerprint density at radius 1 is 1.20 bits per heavy atom. The fourth-order valence-electron chi connectivity index (χ4n) is 3.67. The first-order valence-electron chi connectivity index (χ1n) is 7.10. The quantitative estimate of drug-likeness (QED) is 0.864. The summed E-state index contributed by atoms with van der Waals surface area (Å²) in [7, 11) is -3.70. The maximum absolute atomic E-state index is 12.3. The monoisotopic (exact) mass is 296 g/mol. The molecule has 2 saturated carbocycles. The second-order valence-corrected chi connectivity index (χ2v) is 7.65. The van der Waals surface area contributed by atoms with Crippen LogP contribution in [0.25, 0.3) is 0 Å². The van der Waals surface area contributed by atoms with E-state index in [-0.39, 0.29) is 29.4 Å². The smallest absolute Gasteiger partial charge is 0.297 e. The maximum atomic E-state index is 12.3. The van der Waals surface area contributed by atoms with Crippen LogP contribution in [0.4, 0.5) is 0 Å². The van der Waals surface area contributed by atoms with Crippen LogP contribution in [0.2, 0.25) is 0 Å². The number of aliphatic hydroxyl groups is 1. The van der Waals surface area contributed by atoms with Crippen LogP contribution in [-0.2, 0) is 14.3 Å². The summed E-state index contributed by atoms with van der Waals surface area (Å²) in [5.41, 5.74) is 1.02. The summed E-state index contributed by atoms with van der Waals surface area (Å²) in [5.74, 6) is 0.896. The summed E-state index contributed by atoms with van der Waals surface area (Å²) in [6.07, 6.45) is 2.52. The van der Waals surface area contributed by atoms with Crippen molar-refractivity contribution in [2.24, 2.45) is 17.8 Å². The highest BCUT2D eigenvalue weighted by Gasteiger charge is 2.48. The molecule has 2 aliphatic rings. The van der Waals surface area contributed by atoms with E-state index in [2.05, 4.69) is 0 Å². The summed E-state index contributed by atoms with van der Waals surface area (Å²) in [6, 6.07) is 6.71. The Hall–Kier alpha value is -0.910. The SMILES string of the molecule is Cc1ccc(S(=O)(=O)O[C@@H]2C[C@@H]3C[C@@H](CO)[C@H]2C3)cc1. The number of hydrogen-bond acceptors (Lipinski definition) is 4. The van der Waals surface area contributed by atoms with Gasteiger partial charge >= 0.3 is 0 Å². The van der Waals surface area contributed by atoms with E-state index >= 15 is 0 Å². The number of aliphatic hydroxyl groups excluding tert-OH is 1. The average Bonchev–Trinajstić information content (AvgIpc) is 2.97. The van der Waals surface area contributed by atoms with E-state index in [0.717, 1.165) is 24.8 Å². The zero-order chi connectivity index (χ0) is 14.3. The minimum atomic E-state index is -3.70. The van der Waals surface area contributed by atoms with E-state index in [1.807, 2.05) is 6.92 Å². The van der Waals surface area contributed by atoms with Crippen LogP contribution in [0.1, 0.15) is 24.8 Å². The van der Waals surface area contributed by atoms with Gasteiger partial charge in [-0.2, -0.15) is 8.42 Å². The molecule has 2 fully saturated rings. The number of hydrogen-bond donors (Lipinski definition) is 1. The van der Waals surface area contributed by atoms with Gasteiger partial charge in [-0.1, -0.05) is 17.7 Å². The predicted octanol–water partition coefficient (Wildman–Crippen LogP) is 2.11. The molecule has 2 aliphatic carbocycles. The van der Waals surface area contributed by atoms with Crippen LogP contribution in [0.3, 0.4) is 0 Å². The zero-order valence-electron chi connectivity index (χ0n) is 11.5. The van der Waals surface area contributed by atoms with Gasteiger partial charge in [-0.15, -0.1) is 0 Å². The van der Waals surface area contributed by atoms with Crippen molar-refractivity contribution < 1.29 is 17.7 Å². The van der Waals surface area contributed by atoms with Crippen LogP contribution in [0.15, 0.2) is 29.2 Å². The number of aryl methyl sites for hydroxylation is 1. The van der Waals surface area contributed by atoms with Gasteiger partial charge in [-0.25, -0.2) is 0 Å². The number of rotatable bonds is 4. The molecule has 4 atom stereocenters. The van der Waals surface area contributed by atoms with Gasteiger partial charge in [0.05, 0.1) is 11.0 Å². The Morgan fingerprint density at radius 2 is 1.90 bits per heavy atom. The lowest BCUT2D eigenvalue weighted by atomic mass is 9.87. The third kappa shape index (κ3) is 2.50. The third-order valence-electron chi connectivity index (χ3n) is 4.68. The van der Waals surface area contributed by atoms with Crippen molar-refractivity contribution in [2.45, 2.75) is 37.2 Å². The first kappa shape index (κ1) is 14.0. The summed E-state index contributed by atoms with van der Waals surface area (Å²) in [5, 5.41) is 9.35. The molecule has 2 bridgehead atoms. The van der Waals surface area contributed by atoms with Gasteiger partial charge in [0.15, 0.2) is 0 Å². The molecule has 0 aliphatic heterocycles. The van der Waals surface area contributed by atoms with Gasteiger partial charge in [0.1, 0.15) is 0 Å². The predicted molar refractivity (Wildman–Crippen MR) is 74.6 cm³/mol. The van der Waals surface area contributed by atoms with E-state index in [0.29, 0.717) is 5.92 Å². The minimum Gasteiger partial charge on any atom is -0.396 e. The third-order valence-corrected chi connectivity index (χ3v) is 6.03. The molecule has 110 valence electrons. The summed E-state index contributed by atoms with van der Waals surface area (Å²) in [4.78, 5) is 0.214. The summed E-state index contributed by atoms with van der Waals surface area (Å²) in [6.45, 7) is 2.05. The highest BCUT2D eigenvalue weighted by Crippen LogP contribution is 2.50. The lowest BCUT2D eigenvalue weighted by molar-refractivity contribution is 0.0775. The first-order chi connectivity index (χ1) is 9.49. The number of fused-ring (bicyclic) bond motifs is 2. The molecule has 0 saturated heterocycles. The van der Waals surface area contributed by atoms with E-state index in [9.17, 15) is 13.5 Å². The van der Waals surface area contributed by atoms with Crippen LogP contribution in [0.5, 0.6) is 0 Å². The molecule has 1 aromatic rings. The van der Waals surface area contributed by atoms with Gasteiger partial charge in [-0.05, 0) is 56.1 Å². The van der Waals surface area contributed by atoms with E-state index in [1.165, 1.54) is 0 Å². The average molecular weight is 296 g/mol. The van der Waals surface area contributed by atoms with Crippen molar-refractivity contribution in [1.29, 1.82) is 0 Å². The van der Waals surface area contributed by atoms with Crippen LogP contribution in [-0.4, -0.2) is 26.2 Å². The van der Waals surface area contributed by atoms with Crippen molar-refractivity contribution in [3.8, 4) is 0 Å². The van der Waals surface area contributed by atoms with Crippen LogP contribution >= 0.6 is 0 Å². The highest BCUT2D eigenvalue weighted by atomic mass is 32.2. The van der Waals surface area contributed by atoms with Gasteiger partial charge in [0.25, 0.3) is 10.1 Å². The Balaban J connectivity index is 1.76. The summed E-state index contributed by atoms with van der Waals surface area (Å²) >= 11 is 0. The molecular formula is C15H20O4S. The largest absolute Gasteiger partial charge is 0.396 e. The normalized spacial score (nSPS) is 32.7. The molecule has 0 radical (unpaired) electrons. The first-order valence-corrected chi connectivity index (χ1v) is 8.51. The Labute approximate surface area is 119 Å². The zero-order valence-corrected chi connectivity index (χ0v) is 12.3. The van der Waals surface area contributed by atoms with E-state index in [4.69, 9.17) is 4.18 Å². The van der Waals surface area contributed by atoms with Crippen molar-refractivity contribution in [3.05, 3.63) is 29.8 Å². The molecule has 0 aromatic heterocycles. The van der Waals surface area contributed by atoms with Crippen LogP contribution in [0, 0.1) is 24.7 Å². The van der Waals surface area contributed by atoms with E-state index < -0.39 is 10.1 Å². The lowest BCUT2D eigenvalue weighted by Gasteiger charge is -2.27. The van der Waals surface area contributed by atoms with Crippen molar-refractivity contribution >= 4 is 10.1 Å². The molecule has 20 heavy (non-hydrogen) atoms.